The number of benzene rings is 1. The Morgan fingerprint density at radius 1 is 1.12 bits per heavy atom. The number of hydrogen-bond donors (Lipinski definition) is 5. The summed E-state index contributed by atoms with van der Waals surface area (Å²) in [7, 11) is 0. The van der Waals surface area contributed by atoms with Gasteiger partial charge in [-0.05, 0) is 11.6 Å². The fraction of sp³-hybridized carbons (Fsp3) is 0.375. The maximum absolute atomic E-state index is 12.1. The van der Waals surface area contributed by atoms with Crippen LogP contribution in [0.2, 0.25) is 0 Å². The number of carboxylic acids is 1. The van der Waals surface area contributed by atoms with Crippen LogP contribution in [0.4, 0.5) is 0 Å². The number of aromatic nitrogens is 1. The van der Waals surface area contributed by atoms with Gasteiger partial charge in [-0.15, -0.1) is 0 Å². The van der Waals surface area contributed by atoms with Gasteiger partial charge >= 0.3 is 11.9 Å². The molecule has 5 unspecified atom stereocenters. The second-order valence-electron chi connectivity index (χ2n) is 5.76. The maximum atomic E-state index is 12.1. The van der Waals surface area contributed by atoms with Crippen molar-refractivity contribution < 1.29 is 39.5 Å². The van der Waals surface area contributed by atoms with Crippen molar-refractivity contribution in [2.45, 2.75) is 37.1 Å². The number of carboxylic acid groups (broad SMARTS) is 1. The fourth-order valence-corrected chi connectivity index (χ4v) is 2.75. The van der Waals surface area contributed by atoms with Crippen LogP contribution >= 0.6 is 0 Å². The first-order valence-corrected chi connectivity index (χ1v) is 7.55. The van der Waals surface area contributed by atoms with Crippen molar-refractivity contribution in [3.63, 3.8) is 0 Å². The summed E-state index contributed by atoms with van der Waals surface area (Å²) in [5, 5.41) is 38.9. The first-order valence-electron chi connectivity index (χ1n) is 7.55. The summed E-state index contributed by atoms with van der Waals surface area (Å²) in [6.45, 7) is 0. The maximum Gasteiger partial charge on any atom is 0.335 e. The number of esters is 1. The zero-order valence-electron chi connectivity index (χ0n) is 12.9. The minimum absolute atomic E-state index is 0.146. The molecule has 0 amide bonds. The number of aromatic amines is 1. The van der Waals surface area contributed by atoms with E-state index in [0.29, 0.717) is 5.56 Å². The average Bonchev–Trinajstić information content (AvgIpc) is 2.98. The van der Waals surface area contributed by atoms with Gasteiger partial charge in [0, 0.05) is 17.1 Å². The molecule has 1 fully saturated rings. The van der Waals surface area contributed by atoms with Crippen LogP contribution in [0.15, 0.2) is 30.5 Å². The topological polar surface area (TPSA) is 149 Å². The average molecular weight is 351 g/mol. The standard InChI is InChI=1S/C16H17NO8/c18-10(5-7-6-17-9-4-2-1-3-8(7)9)24-16-13(21)11(19)12(20)14(25-16)15(22)23/h1-4,6,11-14,16-17,19-21H,5H2,(H,22,23). The van der Waals surface area contributed by atoms with Crippen molar-refractivity contribution in [3.05, 3.63) is 36.0 Å². The van der Waals surface area contributed by atoms with Crippen molar-refractivity contribution in [3.8, 4) is 0 Å². The highest BCUT2D eigenvalue weighted by Gasteiger charge is 2.48. The van der Waals surface area contributed by atoms with E-state index in [0.717, 1.165) is 10.9 Å². The molecule has 1 aliphatic rings. The van der Waals surface area contributed by atoms with Gasteiger partial charge in [0.2, 0.25) is 6.29 Å². The Bertz CT molecular complexity index is 787. The Morgan fingerprint density at radius 3 is 2.56 bits per heavy atom. The predicted octanol–water partition coefficient (Wildman–Crippen LogP) is -0.854. The molecule has 25 heavy (non-hydrogen) atoms. The number of ether oxygens (including phenoxy) is 2. The van der Waals surface area contributed by atoms with Crippen molar-refractivity contribution in [1.29, 1.82) is 0 Å². The minimum atomic E-state index is -1.84. The number of carbonyl (C=O) groups excluding carboxylic acids is 1. The van der Waals surface area contributed by atoms with E-state index in [9.17, 15) is 24.9 Å². The Balaban J connectivity index is 1.70. The summed E-state index contributed by atoms with van der Waals surface area (Å²) in [4.78, 5) is 26.1. The predicted molar refractivity (Wildman–Crippen MR) is 82.4 cm³/mol. The van der Waals surface area contributed by atoms with Crippen LogP contribution in [0, 0.1) is 0 Å². The quantitative estimate of drug-likeness (QED) is 0.447. The lowest BCUT2D eigenvalue weighted by Gasteiger charge is -2.37. The third-order valence-electron chi connectivity index (χ3n) is 4.07. The molecule has 0 bridgehead atoms. The van der Waals surface area contributed by atoms with Crippen LogP contribution in [0.3, 0.4) is 0 Å². The van der Waals surface area contributed by atoms with Gasteiger partial charge in [0.25, 0.3) is 0 Å². The molecule has 1 aromatic heterocycles. The second kappa shape index (κ2) is 6.81. The van der Waals surface area contributed by atoms with E-state index in [-0.39, 0.29) is 6.42 Å². The van der Waals surface area contributed by atoms with Crippen LogP contribution in [-0.4, -0.2) is 68.1 Å². The highest BCUT2D eigenvalue weighted by Crippen LogP contribution is 2.24. The normalized spacial score (nSPS) is 29.5. The summed E-state index contributed by atoms with van der Waals surface area (Å²) in [5.74, 6) is -2.32. The number of carbonyl (C=O) groups is 2. The zero-order valence-corrected chi connectivity index (χ0v) is 12.9. The molecule has 2 aromatic rings. The lowest BCUT2D eigenvalue weighted by atomic mass is 9.99. The molecule has 0 spiro atoms. The summed E-state index contributed by atoms with van der Waals surface area (Å²) < 4.78 is 9.88. The molecule has 9 nitrogen and oxygen atoms in total. The van der Waals surface area contributed by atoms with Crippen LogP contribution in [0.25, 0.3) is 10.9 Å². The molecule has 0 aliphatic carbocycles. The van der Waals surface area contributed by atoms with E-state index < -0.39 is 42.6 Å². The summed E-state index contributed by atoms with van der Waals surface area (Å²) in [6.07, 6.45) is -7.44. The van der Waals surface area contributed by atoms with Crippen molar-refractivity contribution >= 4 is 22.8 Å². The Morgan fingerprint density at radius 2 is 1.84 bits per heavy atom. The molecule has 1 aromatic carbocycles. The number of aliphatic hydroxyl groups excluding tert-OH is 3. The number of H-pyrrole nitrogens is 1. The number of aliphatic carboxylic acids is 1. The van der Waals surface area contributed by atoms with Crippen LogP contribution in [-0.2, 0) is 25.5 Å². The van der Waals surface area contributed by atoms with E-state index in [4.69, 9.17) is 14.6 Å². The zero-order chi connectivity index (χ0) is 18.1. The molecule has 0 saturated carbocycles. The Hall–Kier alpha value is -2.46. The lowest BCUT2D eigenvalue weighted by Crippen LogP contribution is -2.60. The molecule has 3 rings (SSSR count). The molecule has 5 N–H and O–H groups in total. The molecule has 134 valence electrons. The summed E-state index contributed by atoms with van der Waals surface area (Å²) >= 11 is 0. The monoisotopic (exact) mass is 351 g/mol. The van der Waals surface area contributed by atoms with Gasteiger partial charge in [-0.1, -0.05) is 18.2 Å². The molecule has 2 heterocycles. The smallest absolute Gasteiger partial charge is 0.335 e. The number of nitrogens with one attached hydrogen (secondary N) is 1. The highest BCUT2D eigenvalue weighted by molar-refractivity contribution is 5.87. The van der Waals surface area contributed by atoms with Gasteiger partial charge in [-0.25, -0.2) is 4.79 Å². The van der Waals surface area contributed by atoms with E-state index in [1.54, 1.807) is 6.20 Å². The number of para-hydroxylation sites is 1. The van der Waals surface area contributed by atoms with Gasteiger partial charge in [0.05, 0.1) is 6.42 Å². The first kappa shape index (κ1) is 17.4. The van der Waals surface area contributed by atoms with Crippen molar-refractivity contribution in [2.24, 2.45) is 0 Å². The highest BCUT2D eigenvalue weighted by atomic mass is 16.7. The third kappa shape index (κ3) is 3.35. The van der Waals surface area contributed by atoms with Crippen molar-refractivity contribution in [2.75, 3.05) is 0 Å². The Kier molecular flexibility index (Phi) is 4.73. The van der Waals surface area contributed by atoms with Gasteiger partial charge < -0.3 is 34.9 Å². The molecule has 5 atom stereocenters. The lowest BCUT2D eigenvalue weighted by molar-refractivity contribution is -0.286. The number of aliphatic hydroxyl groups is 3. The van der Waals surface area contributed by atoms with Crippen LogP contribution in [0.5, 0.6) is 0 Å². The minimum Gasteiger partial charge on any atom is -0.479 e. The second-order valence-corrected chi connectivity index (χ2v) is 5.76. The fourth-order valence-electron chi connectivity index (χ4n) is 2.75. The summed E-state index contributed by atoms with van der Waals surface area (Å²) in [5.41, 5.74) is 1.49. The van der Waals surface area contributed by atoms with Crippen molar-refractivity contribution in [1.82, 2.24) is 4.98 Å². The van der Waals surface area contributed by atoms with Crippen LogP contribution < -0.4 is 0 Å². The van der Waals surface area contributed by atoms with Gasteiger partial charge in [-0.2, -0.15) is 0 Å². The molecule has 0 radical (unpaired) electrons. The first-order chi connectivity index (χ1) is 11.9. The molecule has 1 saturated heterocycles. The number of hydrogen-bond acceptors (Lipinski definition) is 7. The largest absolute Gasteiger partial charge is 0.479 e. The molecule has 1 aliphatic heterocycles. The molecular weight excluding hydrogens is 334 g/mol. The molecular formula is C16H17NO8. The number of fused-ring (bicyclic) bond motifs is 1. The van der Waals surface area contributed by atoms with Gasteiger partial charge in [-0.3, -0.25) is 4.79 Å². The SMILES string of the molecule is O=C(Cc1c[nH]c2ccccc12)OC1OC(C(=O)O)C(O)C(O)C1O. The molecule has 9 heteroatoms. The van der Waals surface area contributed by atoms with Crippen LogP contribution in [0.1, 0.15) is 5.56 Å². The Labute approximate surface area is 141 Å². The number of rotatable bonds is 4. The van der Waals surface area contributed by atoms with Gasteiger partial charge in [0.1, 0.15) is 18.3 Å². The van der Waals surface area contributed by atoms with E-state index in [1.807, 2.05) is 24.3 Å². The van der Waals surface area contributed by atoms with E-state index in [1.165, 1.54) is 0 Å². The third-order valence-corrected chi connectivity index (χ3v) is 4.07. The van der Waals surface area contributed by atoms with Gasteiger partial charge in [0.15, 0.2) is 6.10 Å². The summed E-state index contributed by atoms with van der Waals surface area (Å²) in [6, 6.07) is 7.31. The van der Waals surface area contributed by atoms with E-state index in [2.05, 4.69) is 4.98 Å². The van der Waals surface area contributed by atoms with E-state index >= 15 is 0 Å².